The molecular formula is C10H8BrFN2. The van der Waals surface area contributed by atoms with Crippen LogP contribution in [-0.2, 0) is 0 Å². The molecule has 0 aliphatic carbocycles. The van der Waals surface area contributed by atoms with E-state index in [1.807, 2.05) is 6.92 Å². The normalized spacial score (nSPS) is 10.5. The summed E-state index contributed by atoms with van der Waals surface area (Å²) >= 11 is 3.13. The van der Waals surface area contributed by atoms with E-state index in [0.29, 0.717) is 4.47 Å². The van der Waals surface area contributed by atoms with Crippen LogP contribution in [0.2, 0.25) is 0 Å². The van der Waals surface area contributed by atoms with Gasteiger partial charge in [-0.15, -0.1) is 0 Å². The van der Waals surface area contributed by atoms with E-state index in [1.165, 1.54) is 6.07 Å². The van der Waals surface area contributed by atoms with Crippen molar-refractivity contribution < 1.29 is 4.39 Å². The van der Waals surface area contributed by atoms with Crippen LogP contribution in [0.3, 0.4) is 0 Å². The molecule has 0 saturated carbocycles. The predicted molar refractivity (Wildman–Crippen MR) is 56.4 cm³/mol. The highest BCUT2D eigenvalue weighted by molar-refractivity contribution is 9.10. The number of H-pyrrole nitrogens is 1. The minimum atomic E-state index is -0.267. The molecule has 0 aliphatic rings. The Hall–Kier alpha value is -1.16. The Morgan fingerprint density at radius 3 is 2.79 bits per heavy atom. The van der Waals surface area contributed by atoms with Crippen molar-refractivity contribution in [2.75, 3.05) is 0 Å². The Kier molecular flexibility index (Phi) is 2.37. The van der Waals surface area contributed by atoms with Crippen molar-refractivity contribution >= 4 is 15.9 Å². The molecule has 1 N–H and O–H groups in total. The van der Waals surface area contributed by atoms with E-state index in [9.17, 15) is 4.39 Å². The molecule has 4 heteroatoms. The zero-order valence-corrected chi connectivity index (χ0v) is 9.10. The van der Waals surface area contributed by atoms with Crippen LogP contribution in [0.25, 0.3) is 11.4 Å². The van der Waals surface area contributed by atoms with Crippen LogP contribution in [0.1, 0.15) is 5.69 Å². The first-order chi connectivity index (χ1) is 6.66. The molecule has 0 atom stereocenters. The number of benzene rings is 1. The number of aromatic nitrogens is 2. The summed E-state index contributed by atoms with van der Waals surface area (Å²) in [5.74, 6) is 0.486. The summed E-state index contributed by atoms with van der Waals surface area (Å²) in [6.07, 6.45) is 1.74. The second-order valence-electron chi connectivity index (χ2n) is 3.04. The predicted octanol–water partition coefficient (Wildman–Crippen LogP) is 3.29. The summed E-state index contributed by atoms with van der Waals surface area (Å²) in [6, 6.07) is 4.81. The SMILES string of the molecule is Cc1cnc(-c2ccc(F)c(Br)c2)[nH]1. The first kappa shape index (κ1) is 9.40. The van der Waals surface area contributed by atoms with E-state index < -0.39 is 0 Å². The van der Waals surface area contributed by atoms with Crippen molar-refractivity contribution in [1.82, 2.24) is 9.97 Å². The van der Waals surface area contributed by atoms with E-state index in [0.717, 1.165) is 17.1 Å². The minimum absolute atomic E-state index is 0.267. The number of nitrogens with one attached hydrogen (secondary N) is 1. The van der Waals surface area contributed by atoms with E-state index in [4.69, 9.17) is 0 Å². The number of aryl methyl sites for hydroxylation is 1. The average molecular weight is 255 g/mol. The quantitative estimate of drug-likeness (QED) is 0.832. The largest absolute Gasteiger partial charge is 0.342 e. The van der Waals surface area contributed by atoms with Gasteiger partial charge in [-0.3, -0.25) is 0 Å². The van der Waals surface area contributed by atoms with E-state index in [-0.39, 0.29) is 5.82 Å². The molecule has 0 radical (unpaired) electrons. The highest BCUT2D eigenvalue weighted by Crippen LogP contribution is 2.22. The Balaban J connectivity index is 2.47. The number of hydrogen-bond acceptors (Lipinski definition) is 1. The molecule has 0 fully saturated rings. The monoisotopic (exact) mass is 254 g/mol. The summed E-state index contributed by atoms with van der Waals surface area (Å²) in [7, 11) is 0. The third-order valence-electron chi connectivity index (χ3n) is 1.90. The van der Waals surface area contributed by atoms with Crippen molar-refractivity contribution in [2.45, 2.75) is 6.92 Å². The lowest BCUT2D eigenvalue weighted by atomic mass is 10.2. The van der Waals surface area contributed by atoms with E-state index >= 15 is 0 Å². The van der Waals surface area contributed by atoms with E-state index in [2.05, 4.69) is 25.9 Å². The first-order valence-electron chi connectivity index (χ1n) is 4.14. The van der Waals surface area contributed by atoms with Crippen LogP contribution in [0, 0.1) is 12.7 Å². The van der Waals surface area contributed by atoms with Crippen LogP contribution >= 0.6 is 15.9 Å². The van der Waals surface area contributed by atoms with Gasteiger partial charge in [-0.25, -0.2) is 9.37 Å². The molecule has 0 spiro atoms. The van der Waals surface area contributed by atoms with Crippen LogP contribution in [0.4, 0.5) is 4.39 Å². The standard InChI is InChI=1S/C10H8BrFN2/c1-6-5-13-10(14-6)7-2-3-9(12)8(11)4-7/h2-5H,1H3,(H,13,14). The lowest BCUT2D eigenvalue weighted by Crippen LogP contribution is -1.83. The Morgan fingerprint density at radius 2 is 2.21 bits per heavy atom. The maximum absolute atomic E-state index is 12.9. The van der Waals surface area contributed by atoms with Gasteiger partial charge in [0.25, 0.3) is 0 Å². The summed E-state index contributed by atoms with van der Waals surface area (Å²) < 4.78 is 13.4. The van der Waals surface area contributed by atoms with Gasteiger partial charge in [0.2, 0.25) is 0 Å². The fraction of sp³-hybridized carbons (Fsp3) is 0.100. The highest BCUT2D eigenvalue weighted by atomic mass is 79.9. The third-order valence-corrected chi connectivity index (χ3v) is 2.50. The molecule has 1 aromatic carbocycles. The summed E-state index contributed by atoms with van der Waals surface area (Å²) in [5.41, 5.74) is 1.85. The number of imidazole rings is 1. The molecule has 2 aromatic rings. The molecule has 2 nitrogen and oxygen atoms in total. The van der Waals surface area contributed by atoms with Gasteiger partial charge in [0, 0.05) is 17.5 Å². The minimum Gasteiger partial charge on any atom is -0.342 e. The van der Waals surface area contributed by atoms with Gasteiger partial charge < -0.3 is 4.98 Å². The van der Waals surface area contributed by atoms with Crippen molar-refractivity contribution in [3.63, 3.8) is 0 Å². The van der Waals surface area contributed by atoms with Crippen molar-refractivity contribution in [3.8, 4) is 11.4 Å². The lowest BCUT2D eigenvalue weighted by Gasteiger charge is -1.98. The van der Waals surface area contributed by atoms with Gasteiger partial charge in [0.05, 0.1) is 4.47 Å². The van der Waals surface area contributed by atoms with Gasteiger partial charge in [-0.05, 0) is 41.1 Å². The average Bonchev–Trinajstić information content (AvgIpc) is 2.57. The zero-order valence-electron chi connectivity index (χ0n) is 7.51. The number of aromatic amines is 1. The van der Waals surface area contributed by atoms with Crippen LogP contribution in [-0.4, -0.2) is 9.97 Å². The highest BCUT2D eigenvalue weighted by Gasteiger charge is 2.04. The number of nitrogens with zero attached hydrogens (tertiary/aromatic N) is 1. The smallest absolute Gasteiger partial charge is 0.137 e. The maximum atomic E-state index is 12.9. The molecule has 0 aliphatic heterocycles. The molecule has 72 valence electrons. The third kappa shape index (κ3) is 1.70. The Labute approximate surface area is 89.3 Å². The summed E-state index contributed by atoms with van der Waals surface area (Å²) in [4.78, 5) is 7.24. The summed E-state index contributed by atoms with van der Waals surface area (Å²) in [5, 5.41) is 0. The molecule has 1 heterocycles. The molecule has 0 bridgehead atoms. The molecule has 0 unspecified atom stereocenters. The molecule has 0 saturated heterocycles. The number of rotatable bonds is 1. The van der Waals surface area contributed by atoms with Gasteiger partial charge in [-0.2, -0.15) is 0 Å². The maximum Gasteiger partial charge on any atom is 0.137 e. The van der Waals surface area contributed by atoms with Crippen molar-refractivity contribution in [2.24, 2.45) is 0 Å². The number of hydrogen-bond donors (Lipinski definition) is 1. The van der Waals surface area contributed by atoms with Crippen LogP contribution in [0.5, 0.6) is 0 Å². The second kappa shape index (κ2) is 3.53. The van der Waals surface area contributed by atoms with Gasteiger partial charge >= 0.3 is 0 Å². The topological polar surface area (TPSA) is 28.7 Å². The van der Waals surface area contributed by atoms with Crippen LogP contribution < -0.4 is 0 Å². The van der Waals surface area contributed by atoms with Gasteiger partial charge in [0.15, 0.2) is 0 Å². The Morgan fingerprint density at radius 1 is 1.43 bits per heavy atom. The molecule has 2 rings (SSSR count). The van der Waals surface area contributed by atoms with Crippen molar-refractivity contribution in [1.29, 1.82) is 0 Å². The van der Waals surface area contributed by atoms with Crippen molar-refractivity contribution in [3.05, 3.63) is 40.4 Å². The van der Waals surface area contributed by atoms with E-state index in [1.54, 1.807) is 18.3 Å². The molecule has 1 aromatic heterocycles. The molecule has 14 heavy (non-hydrogen) atoms. The lowest BCUT2D eigenvalue weighted by molar-refractivity contribution is 0.621. The fourth-order valence-corrected chi connectivity index (χ4v) is 1.58. The zero-order chi connectivity index (χ0) is 10.1. The molecule has 0 amide bonds. The summed E-state index contributed by atoms with van der Waals surface area (Å²) in [6.45, 7) is 1.93. The van der Waals surface area contributed by atoms with Gasteiger partial charge in [-0.1, -0.05) is 0 Å². The first-order valence-corrected chi connectivity index (χ1v) is 4.93. The fourth-order valence-electron chi connectivity index (χ4n) is 1.20. The van der Waals surface area contributed by atoms with Crippen LogP contribution in [0.15, 0.2) is 28.9 Å². The second-order valence-corrected chi connectivity index (χ2v) is 3.90. The number of halogens is 2. The Bertz CT molecular complexity index is 465. The molecular weight excluding hydrogens is 247 g/mol. The van der Waals surface area contributed by atoms with Gasteiger partial charge in [0.1, 0.15) is 11.6 Å².